The number of nitrogens with one attached hydrogen (secondary N) is 1. The van der Waals surface area contributed by atoms with E-state index in [9.17, 15) is 42.9 Å². The molecule has 0 fully saturated rings. The number of nitrogens with two attached hydrogens (primary N) is 2. The molecule has 6 atom stereocenters. The molecule has 0 aliphatic carbocycles. The Morgan fingerprint density at radius 1 is 0.429 bits per heavy atom. The third-order valence-electron chi connectivity index (χ3n) is 19.1. The second-order valence-corrected chi connectivity index (χ2v) is 40.8. The number of aliphatic imine (C=N–C) groups is 2. The number of hydrogen-bond donors (Lipinski definition) is 8. The largest absolute Gasteiger partial charge is 0.506 e. The summed E-state index contributed by atoms with van der Waals surface area (Å²) in [4.78, 5) is 56.7. The first-order valence-electron chi connectivity index (χ1n) is 45.3. The Balaban J connectivity index is 0.000000371. The zero-order valence-corrected chi connectivity index (χ0v) is 95.8. The minimum absolute atomic E-state index is 0.00398. The Bertz CT molecular complexity index is 5730. The highest BCUT2D eigenvalue weighted by Gasteiger charge is 2.31. The first kappa shape index (κ1) is 131. The Hall–Kier alpha value is -8.18. The molecule has 0 saturated carbocycles. The van der Waals surface area contributed by atoms with Crippen LogP contribution in [0.5, 0.6) is 28.7 Å². The van der Waals surface area contributed by atoms with Gasteiger partial charge in [-0.15, -0.1) is 0 Å². The Kier molecular flexibility index (Phi) is 64.5. The number of carbonyl (C=O) groups is 4. The predicted molar refractivity (Wildman–Crippen MR) is 589 cm³/mol. The lowest BCUT2D eigenvalue weighted by Crippen LogP contribution is -2.33. The number of rotatable bonds is 48. The lowest BCUT2D eigenvalue weighted by molar-refractivity contribution is -0.156. The van der Waals surface area contributed by atoms with Crippen molar-refractivity contribution in [3.8, 4) is 28.7 Å². The van der Waals surface area contributed by atoms with Crippen LogP contribution in [-0.2, 0) is 76.6 Å². The van der Waals surface area contributed by atoms with Crippen molar-refractivity contribution in [1.82, 2.24) is 5.32 Å². The highest BCUT2D eigenvalue weighted by atomic mass is 79.9. The maximum absolute atomic E-state index is 12.8. The standard InChI is InChI=1S/C25H33BrClNO6.C24H29BrClNO5.C19H21BrClNO4.C11H13BrClNO3.C11H12BrClO4.C8H11NO.C7H8O3S/c1-25(2,3)34-23(30)14-21(28-22(15-29)17-8-6-5-7-9-17)19-12-18(27)13-20(26)24(19)33-16-32-11-10-31-4;1-24(2,3)32-22(28)14-21(27-15-17-8-6-5-7-9-17)19-12-18(26)13-20(25)23(19)31-16-30-11-10-29-4;1-24-7-8-25-13-26-19-15(9-16(21)10-17(19)20)11-22-18(12-23)14-5-3-2-4-6-14;1-2-17-10(15)5-9(14)7-3-6(13)4-8(12)11(7)16;1-15-2-3-16-7-17-11-8(6-14)4-9(13)5-10(11)12;9-8(6-10)7-4-2-1-3-5-7;1-6-2-4-7(5-3-6)11(8,9)10/h5-9,12-13,21-22,28-29H,10-11,14-16H2,1-4H3;5-9,12-13,15,21H,10-11,14,16H2,1-4H3;2-6,9-11,18,23H,7-8,12-13H2,1H3;3-4,9,16H,2,5,14H2,1H3;4-6H,2-3,7H2,1H3;1-5,8,10H,6,9H2;2-5H,1H3,(H,8,9,10)/t21-,22+;21-;18-;9-;;8-;/m0010.1./s1. The minimum atomic E-state index is -4.02. The highest BCUT2D eigenvalue weighted by Crippen LogP contribution is 2.43. The van der Waals surface area contributed by atoms with E-state index < -0.39 is 57.4 Å². The van der Waals surface area contributed by atoms with Gasteiger partial charge < -0.3 is 108 Å². The molecule has 0 bridgehead atoms. The van der Waals surface area contributed by atoms with Gasteiger partial charge in [-0.3, -0.25) is 33.7 Å². The fourth-order valence-corrected chi connectivity index (χ4v) is 17.4. The molecule has 0 aliphatic heterocycles. The first-order chi connectivity index (χ1) is 70.0. The number of aryl methyl sites for hydroxylation is 1. The lowest BCUT2D eigenvalue weighted by Gasteiger charge is -2.28. The van der Waals surface area contributed by atoms with Gasteiger partial charge in [-0.1, -0.05) is 197 Å². The van der Waals surface area contributed by atoms with Crippen LogP contribution >= 0.6 is 138 Å². The van der Waals surface area contributed by atoms with Crippen molar-refractivity contribution in [2.75, 3.05) is 135 Å². The summed E-state index contributed by atoms with van der Waals surface area (Å²) in [5.74, 6) is 0.793. The van der Waals surface area contributed by atoms with E-state index >= 15 is 0 Å². The number of hydrogen-bond acceptors (Lipinski definition) is 30. The van der Waals surface area contributed by atoms with E-state index in [0.717, 1.165) is 27.8 Å². The lowest BCUT2D eigenvalue weighted by atomic mass is 9.99. The fraction of sp³-hybridized carbons (Fsp3) is 0.371. The van der Waals surface area contributed by atoms with Gasteiger partial charge in [-0.05, 0) is 230 Å². The summed E-state index contributed by atoms with van der Waals surface area (Å²) in [6.45, 7) is 18.2. The molecule has 10 N–H and O–H groups in total. The number of methoxy groups -OCH3 is 4. The van der Waals surface area contributed by atoms with Crippen molar-refractivity contribution in [3.63, 3.8) is 0 Å². The van der Waals surface area contributed by atoms with Crippen LogP contribution in [0.25, 0.3) is 0 Å². The molecule has 10 aromatic rings. The second kappa shape index (κ2) is 72.4. The third kappa shape index (κ3) is 53.1. The number of halogens is 10. The van der Waals surface area contributed by atoms with Crippen LogP contribution in [0.3, 0.4) is 0 Å². The zero-order chi connectivity index (χ0) is 109. The third-order valence-corrected chi connectivity index (χ3v) is 24.0. The number of benzene rings is 10. The number of aliphatic hydroxyl groups is 3. The van der Waals surface area contributed by atoms with Crippen LogP contribution in [0.1, 0.15) is 164 Å². The van der Waals surface area contributed by atoms with E-state index in [1.165, 1.54) is 24.3 Å². The van der Waals surface area contributed by atoms with Gasteiger partial charge in [0, 0.05) is 100 Å². The maximum Gasteiger partial charge on any atom is 0.308 e. The molecule has 0 spiro atoms. The van der Waals surface area contributed by atoms with Gasteiger partial charge in [0.1, 0.15) is 39.9 Å². The van der Waals surface area contributed by atoms with Crippen molar-refractivity contribution in [2.24, 2.45) is 21.5 Å². The number of esters is 3. The molecule has 0 amide bonds. The van der Waals surface area contributed by atoms with E-state index in [1.807, 2.05) is 170 Å². The molecule has 10 rings (SSSR count). The zero-order valence-electron chi connectivity index (χ0n) is 83.3. The quantitative estimate of drug-likeness (QED) is 0.00334. The van der Waals surface area contributed by atoms with E-state index in [2.05, 4.69) is 95.0 Å². The average Bonchev–Trinajstić information content (AvgIpc) is 0.810. The molecule has 147 heavy (non-hydrogen) atoms. The number of phenolic OH excluding ortho intramolecular Hbond substituents is 1. The van der Waals surface area contributed by atoms with Crippen molar-refractivity contribution in [3.05, 3.63) is 309 Å². The van der Waals surface area contributed by atoms with E-state index in [-0.39, 0.29) is 95.0 Å². The molecule has 10 aromatic carbocycles. The van der Waals surface area contributed by atoms with Crippen LogP contribution < -0.4 is 35.7 Å². The SMILES string of the molecule is CCOC(=O)C[C@H](N)c1cc(Cl)cc(Br)c1O.COCCOCOc1c(Br)cc(Cl)cc1C=N[C@H](CO)c1ccccc1.COCCOCOc1c(Br)cc(Cl)cc1C=O.COCCOCOc1c(Br)cc(Cl)cc1[C@H](CC(=O)OC(C)(C)C)N=Cc1ccccc1.COCCOCOc1c(Br)cc(Cl)cc1[C@H](CC(=O)OC(C)(C)C)N[C@H](CO)c1ccccc1.Cc1ccc(S(=O)(=O)O)cc1.N[C@H](CO)c1ccccc1. The second-order valence-electron chi connectivity index (χ2n) is 33.0. The first-order valence-corrected chi connectivity index (χ1v) is 52.6. The Morgan fingerprint density at radius 2 is 0.810 bits per heavy atom. The van der Waals surface area contributed by atoms with Crippen molar-refractivity contribution >= 4 is 184 Å². The molecular formula is C105H127Br5Cl5N5O26S. The fourth-order valence-electron chi connectivity index (χ4n) is 12.3. The van der Waals surface area contributed by atoms with Crippen LogP contribution in [0.4, 0.5) is 0 Å². The molecule has 31 nitrogen and oxygen atoms in total. The van der Waals surface area contributed by atoms with Crippen molar-refractivity contribution in [1.29, 1.82) is 0 Å². The number of aliphatic hydroxyl groups excluding tert-OH is 3. The molecule has 0 heterocycles. The van der Waals surface area contributed by atoms with Gasteiger partial charge in [-0.25, -0.2) is 0 Å². The van der Waals surface area contributed by atoms with Gasteiger partial charge in [0.2, 0.25) is 0 Å². The van der Waals surface area contributed by atoms with E-state index in [4.69, 9.17) is 150 Å². The number of carbonyl (C=O) groups excluding carboxylic acids is 4. The van der Waals surface area contributed by atoms with Crippen molar-refractivity contribution in [2.45, 2.75) is 127 Å². The summed E-state index contributed by atoms with van der Waals surface area (Å²) >= 11 is 47.4. The monoisotopic (exact) mass is 2480 g/mol. The Labute approximate surface area is 926 Å². The molecular weight excluding hydrogens is 2360 g/mol. The summed E-state index contributed by atoms with van der Waals surface area (Å²) in [5.41, 5.74) is 17.5. The van der Waals surface area contributed by atoms with Crippen LogP contribution in [0.15, 0.2) is 244 Å². The highest BCUT2D eigenvalue weighted by molar-refractivity contribution is 9.11. The number of nitrogens with zero attached hydrogens (tertiary/aromatic N) is 2. The van der Waals surface area contributed by atoms with Gasteiger partial charge in [-0.2, -0.15) is 8.42 Å². The molecule has 0 radical (unpaired) electrons. The molecule has 0 unspecified atom stereocenters. The summed E-state index contributed by atoms with van der Waals surface area (Å²) in [7, 11) is 2.37. The van der Waals surface area contributed by atoms with Crippen molar-refractivity contribution < 1.29 is 124 Å². The van der Waals surface area contributed by atoms with Gasteiger partial charge in [0.05, 0.1) is 156 Å². The normalized spacial score (nSPS) is 12.4. The minimum Gasteiger partial charge on any atom is -0.506 e. The molecule has 0 aliphatic rings. The van der Waals surface area contributed by atoms with Gasteiger partial charge in [0.15, 0.2) is 33.5 Å². The van der Waals surface area contributed by atoms with Crippen LogP contribution in [0, 0.1) is 6.92 Å². The topological polar surface area (TPSA) is 431 Å². The van der Waals surface area contributed by atoms with E-state index in [1.54, 1.807) is 108 Å². The van der Waals surface area contributed by atoms with E-state index in [0.29, 0.717) is 164 Å². The van der Waals surface area contributed by atoms with Gasteiger partial charge in [0.25, 0.3) is 10.1 Å². The number of aldehydes is 1. The summed E-state index contributed by atoms with van der Waals surface area (Å²) in [5, 5.41) is 44.0. The number of phenols is 1. The predicted octanol–water partition coefficient (Wildman–Crippen LogP) is 23.0. The molecule has 0 saturated heterocycles. The number of ether oxygens (including phenoxy) is 15. The molecule has 42 heteroatoms. The van der Waals surface area contributed by atoms with Gasteiger partial charge >= 0.3 is 17.9 Å². The number of aromatic hydroxyl groups is 1. The Morgan fingerprint density at radius 3 is 1.23 bits per heavy atom. The summed E-state index contributed by atoms with van der Waals surface area (Å²) in [6.07, 6.45) is 4.07. The van der Waals surface area contributed by atoms with Crippen LogP contribution in [0.2, 0.25) is 25.1 Å². The summed E-state index contributed by atoms with van der Waals surface area (Å²) in [6, 6.07) is 58.1. The maximum atomic E-state index is 12.8. The smallest absolute Gasteiger partial charge is 0.308 e. The molecule has 804 valence electrons. The van der Waals surface area contributed by atoms with Crippen LogP contribution in [-0.4, -0.2) is 216 Å². The average molecular weight is 2480 g/mol. The molecule has 0 aromatic heterocycles. The summed E-state index contributed by atoms with van der Waals surface area (Å²) < 4.78 is 112.